The van der Waals surface area contributed by atoms with Crippen molar-refractivity contribution in [1.29, 1.82) is 0 Å². The maximum absolute atomic E-state index is 5.67. The first kappa shape index (κ1) is 9.25. The van der Waals surface area contributed by atoms with E-state index < -0.39 is 0 Å². The van der Waals surface area contributed by atoms with Crippen LogP contribution in [0.4, 0.5) is 0 Å². The molecule has 68 valence electrons. The third-order valence-electron chi connectivity index (χ3n) is 1.45. The smallest absolute Gasteiger partial charge is 0.137 e. The number of hydrazone groups is 1. The summed E-state index contributed by atoms with van der Waals surface area (Å²) >= 11 is 0. The number of rotatable bonds is 3. The van der Waals surface area contributed by atoms with Gasteiger partial charge in [0.1, 0.15) is 12.2 Å². The lowest BCUT2D eigenvalue weighted by Gasteiger charge is -1.96. The summed E-state index contributed by atoms with van der Waals surface area (Å²) < 4.78 is 0. The molecule has 0 aliphatic carbocycles. The number of nitrogens with zero attached hydrogens (tertiary/aromatic N) is 2. The van der Waals surface area contributed by atoms with Gasteiger partial charge in [0, 0.05) is 12.6 Å². The molecule has 1 aromatic carbocycles. The zero-order valence-corrected chi connectivity index (χ0v) is 7.44. The van der Waals surface area contributed by atoms with Gasteiger partial charge in [0.15, 0.2) is 0 Å². The number of amidine groups is 1. The van der Waals surface area contributed by atoms with Gasteiger partial charge in [-0.2, -0.15) is 5.10 Å². The van der Waals surface area contributed by atoms with Crippen LogP contribution in [0, 0.1) is 0 Å². The molecule has 0 radical (unpaired) electrons. The van der Waals surface area contributed by atoms with Gasteiger partial charge in [0.2, 0.25) is 0 Å². The lowest BCUT2D eigenvalue weighted by molar-refractivity contribution is 0.905. The molecule has 0 aliphatic heterocycles. The maximum atomic E-state index is 5.67. The van der Waals surface area contributed by atoms with E-state index in [4.69, 9.17) is 5.73 Å². The quantitative estimate of drug-likeness (QED) is 0.401. The third kappa shape index (κ3) is 2.94. The molecule has 3 N–H and O–H groups in total. The van der Waals surface area contributed by atoms with Gasteiger partial charge in [-0.1, -0.05) is 30.3 Å². The van der Waals surface area contributed by atoms with Crippen LogP contribution < -0.4 is 11.2 Å². The fourth-order valence-corrected chi connectivity index (χ4v) is 0.832. The molecule has 4 nitrogen and oxygen atoms in total. The van der Waals surface area contributed by atoms with Gasteiger partial charge < -0.3 is 11.2 Å². The van der Waals surface area contributed by atoms with E-state index >= 15 is 0 Å². The molecule has 0 spiro atoms. The van der Waals surface area contributed by atoms with Crippen LogP contribution in [-0.4, -0.2) is 19.2 Å². The summed E-state index contributed by atoms with van der Waals surface area (Å²) in [6, 6.07) is 9.54. The summed E-state index contributed by atoms with van der Waals surface area (Å²) in [5, 5.41) is 3.69. The van der Waals surface area contributed by atoms with Crippen molar-refractivity contribution in [2.24, 2.45) is 15.8 Å². The molecular weight excluding hydrogens is 164 g/mol. The van der Waals surface area contributed by atoms with Gasteiger partial charge >= 0.3 is 0 Å². The second-order valence-corrected chi connectivity index (χ2v) is 2.35. The van der Waals surface area contributed by atoms with Crippen LogP contribution in [-0.2, 0) is 0 Å². The molecular formula is C9H12N4. The Morgan fingerprint density at radius 2 is 2.08 bits per heavy atom. The summed E-state index contributed by atoms with van der Waals surface area (Å²) in [6.45, 7) is 0. The average molecular weight is 176 g/mol. The summed E-state index contributed by atoms with van der Waals surface area (Å²) in [5.74, 6) is 0.458. The van der Waals surface area contributed by atoms with Gasteiger partial charge in [-0.25, -0.2) is 4.99 Å². The highest BCUT2D eigenvalue weighted by molar-refractivity contribution is 6.01. The number of benzene rings is 1. The second kappa shape index (κ2) is 4.92. The van der Waals surface area contributed by atoms with Crippen LogP contribution in [0.1, 0.15) is 5.56 Å². The standard InChI is InChI=1S/C9H12N4/c1-11-13-7-12-9(10)8-5-3-2-4-6-8/h2-7,11H,1H3,(H2,10,12,13). The summed E-state index contributed by atoms with van der Waals surface area (Å²) in [7, 11) is 1.70. The SMILES string of the molecule is CN/N=C/N=C(N)c1ccccc1. The molecule has 0 saturated heterocycles. The molecule has 13 heavy (non-hydrogen) atoms. The monoisotopic (exact) mass is 176 g/mol. The van der Waals surface area contributed by atoms with E-state index in [1.165, 1.54) is 6.34 Å². The molecule has 0 saturated carbocycles. The van der Waals surface area contributed by atoms with Crippen molar-refractivity contribution in [2.45, 2.75) is 0 Å². The molecule has 1 rings (SSSR count). The van der Waals surface area contributed by atoms with Crippen molar-refractivity contribution in [1.82, 2.24) is 5.43 Å². The van der Waals surface area contributed by atoms with Crippen molar-refractivity contribution >= 4 is 12.2 Å². The lowest BCUT2D eigenvalue weighted by atomic mass is 10.2. The fraction of sp³-hybridized carbons (Fsp3) is 0.111. The van der Waals surface area contributed by atoms with Crippen molar-refractivity contribution in [3.8, 4) is 0 Å². The van der Waals surface area contributed by atoms with Gasteiger partial charge in [0.25, 0.3) is 0 Å². The minimum Gasteiger partial charge on any atom is -0.383 e. The van der Waals surface area contributed by atoms with E-state index in [0.29, 0.717) is 5.84 Å². The molecule has 0 bridgehead atoms. The van der Waals surface area contributed by atoms with Crippen molar-refractivity contribution < 1.29 is 0 Å². The zero-order chi connectivity index (χ0) is 9.52. The maximum Gasteiger partial charge on any atom is 0.137 e. The third-order valence-corrected chi connectivity index (χ3v) is 1.45. The molecule has 0 amide bonds. The molecule has 0 atom stereocenters. The van der Waals surface area contributed by atoms with E-state index in [0.717, 1.165) is 5.56 Å². The Morgan fingerprint density at radius 1 is 1.38 bits per heavy atom. The number of hydrogen-bond donors (Lipinski definition) is 2. The molecule has 4 heteroatoms. The van der Waals surface area contributed by atoms with Crippen LogP contribution in [0.15, 0.2) is 40.4 Å². The highest BCUT2D eigenvalue weighted by atomic mass is 15.3. The fourth-order valence-electron chi connectivity index (χ4n) is 0.832. The minimum absolute atomic E-state index is 0.458. The number of aliphatic imine (C=N–C) groups is 1. The number of nitrogens with one attached hydrogen (secondary N) is 1. The first-order valence-electron chi connectivity index (χ1n) is 3.91. The number of hydrogen-bond acceptors (Lipinski definition) is 2. The van der Waals surface area contributed by atoms with E-state index in [1.807, 2.05) is 30.3 Å². The Balaban J connectivity index is 2.73. The predicted octanol–water partition coefficient (Wildman–Crippen LogP) is 0.555. The number of nitrogens with two attached hydrogens (primary N) is 1. The Hall–Kier alpha value is -1.84. The van der Waals surface area contributed by atoms with E-state index in [-0.39, 0.29) is 0 Å². The van der Waals surface area contributed by atoms with Gasteiger partial charge in [0.05, 0.1) is 0 Å². The van der Waals surface area contributed by atoms with Crippen LogP contribution in [0.2, 0.25) is 0 Å². The van der Waals surface area contributed by atoms with Crippen LogP contribution in [0.5, 0.6) is 0 Å². The predicted molar refractivity (Wildman–Crippen MR) is 54.7 cm³/mol. The summed E-state index contributed by atoms with van der Waals surface area (Å²) in [5.41, 5.74) is 9.14. The lowest BCUT2D eigenvalue weighted by Crippen LogP contribution is -2.13. The molecule has 0 unspecified atom stereocenters. The zero-order valence-electron chi connectivity index (χ0n) is 7.44. The van der Waals surface area contributed by atoms with Crippen LogP contribution >= 0.6 is 0 Å². The van der Waals surface area contributed by atoms with E-state index in [2.05, 4.69) is 15.5 Å². The topological polar surface area (TPSA) is 62.8 Å². The summed E-state index contributed by atoms with van der Waals surface area (Å²) in [4.78, 5) is 3.92. The Bertz CT molecular complexity index is 303. The Labute approximate surface area is 77.2 Å². The molecule has 0 heterocycles. The minimum atomic E-state index is 0.458. The van der Waals surface area contributed by atoms with Crippen LogP contribution in [0.3, 0.4) is 0 Å². The van der Waals surface area contributed by atoms with Crippen molar-refractivity contribution in [3.63, 3.8) is 0 Å². The van der Waals surface area contributed by atoms with E-state index in [1.54, 1.807) is 7.05 Å². The molecule has 0 fully saturated rings. The van der Waals surface area contributed by atoms with Crippen molar-refractivity contribution in [2.75, 3.05) is 7.05 Å². The largest absolute Gasteiger partial charge is 0.383 e. The van der Waals surface area contributed by atoms with Gasteiger partial charge in [-0.05, 0) is 0 Å². The summed E-state index contributed by atoms with van der Waals surface area (Å²) in [6.07, 6.45) is 1.38. The van der Waals surface area contributed by atoms with Gasteiger partial charge in [-0.3, -0.25) is 0 Å². The Morgan fingerprint density at radius 3 is 2.69 bits per heavy atom. The first-order valence-corrected chi connectivity index (χ1v) is 3.91. The molecule has 0 aliphatic rings. The molecule has 0 aromatic heterocycles. The normalized spacial score (nSPS) is 11.9. The molecule has 1 aromatic rings. The van der Waals surface area contributed by atoms with E-state index in [9.17, 15) is 0 Å². The highest BCUT2D eigenvalue weighted by Gasteiger charge is 1.93. The van der Waals surface area contributed by atoms with Gasteiger partial charge in [-0.15, -0.1) is 0 Å². The highest BCUT2D eigenvalue weighted by Crippen LogP contribution is 1.96. The second-order valence-electron chi connectivity index (χ2n) is 2.35. The first-order chi connectivity index (χ1) is 6.34. The average Bonchev–Trinajstić information content (AvgIpc) is 2.19. The Kier molecular flexibility index (Phi) is 3.50. The van der Waals surface area contributed by atoms with Crippen molar-refractivity contribution in [3.05, 3.63) is 35.9 Å². The van der Waals surface area contributed by atoms with Crippen LogP contribution in [0.25, 0.3) is 0 Å².